The van der Waals surface area contributed by atoms with Gasteiger partial charge in [0.15, 0.2) is 0 Å². The first-order valence-electron chi connectivity index (χ1n) is 11.8. The monoisotopic (exact) mass is 493 g/mol. The minimum Gasteiger partial charge on any atom is -0.474 e. The molecule has 1 saturated carbocycles. The largest absolute Gasteiger partial charge is 0.474 e. The van der Waals surface area contributed by atoms with Crippen LogP contribution in [0.5, 0.6) is 5.88 Å². The molecule has 0 aromatic carbocycles. The molecule has 8 nitrogen and oxygen atoms in total. The van der Waals surface area contributed by atoms with Gasteiger partial charge in [-0.05, 0) is 75.9 Å². The van der Waals surface area contributed by atoms with E-state index in [4.69, 9.17) is 15.2 Å². The highest BCUT2D eigenvalue weighted by Crippen LogP contribution is 2.37. The summed E-state index contributed by atoms with van der Waals surface area (Å²) >= 11 is 1.88. The number of nitrogens with two attached hydrogens (primary N) is 1. The lowest BCUT2D eigenvalue weighted by Crippen LogP contribution is -2.36. The highest BCUT2D eigenvalue weighted by Gasteiger charge is 2.34. The summed E-state index contributed by atoms with van der Waals surface area (Å²) in [5.74, 6) is 1.47. The molecule has 2 aliphatic rings. The summed E-state index contributed by atoms with van der Waals surface area (Å²) in [6, 6.07) is 5.46. The van der Waals surface area contributed by atoms with Gasteiger partial charge in [0.1, 0.15) is 23.3 Å². The summed E-state index contributed by atoms with van der Waals surface area (Å²) in [7, 11) is 0. The normalized spacial score (nSPS) is 21.1. The zero-order chi connectivity index (χ0) is 25.0. The summed E-state index contributed by atoms with van der Waals surface area (Å²) < 4.78 is 11.7. The maximum absolute atomic E-state index is 12.3. The van der Waals surface area contributed by atoms with Crippen molar-refractivity contribution in [2.75, 3.05) is 11.6 Å². The quantitative estimate of drug-likeness (QED) is 0.471. The van der Waals surface area contributed by atoms with Gasteiger partial charge < -0.3 is 20.5 Å². The molecule has 3 N–H and O–H groups in total. The predicted molar refractivity (Wildman–Crippen MR) is 138 cm³/mol. The van der Waals surface area contributed by atoms with Crippen molar-refractivity contribution in [3.05, 3.63) is 47.4 Å². The number of thioether (sulfide) groups is 1. The number of rotatable bonds is 6. The Morgan fingerprint density at radius 2 is 1.94 bits per heavy atom. The molecule has 184 valence electrons. The Bertz CT molecular complexity index is 1300. The molecule has 0 atom stereocenters. The molecule has 0 saturated heterocycles. The van der Waals surface area contributed by atoms with E-state index < -0.39 is 11.1 Å². The van der Waals surface area contributed by atoms with E-state index in [-0.39, 0.29) is 12.1 Å². The molecule has 1 fully saturated rings. The van der Waals surface area contributed by atoms with Crippen LogP contribution in [0.4, 0.5) is 11.6 Å². The molecule has 1 aliphatic heterocycles. The number of carbonyl (C=O) groups excluding carboxylic acids is 1. The summed E-state index contributed by atoms with van der Waals surface area (Å²) in [4.78, 5) is 26.2. The lowest BCUT2D eigenvalue weighted by Gasteiger charge is -2.34. The van der Waals surface area contributed by atoms with Crippen LogP contribution in [0, 0.1) is 0 Å². The average molecular weight is 494 g/mol. The highest BCUT2D eigenvalue weighted by molar-refractivity contribution is 7.99. The number of hydrogen-bond donors (Lipinski definition) is 2. The first-order chi connectivity index (χ1) is 16.5. The Labute approximate surface area is 209 Å². The lowest BCUT2D eigenvalue weighted by atomic mass is 9.92. The van der Waals surface area contributed by atoms with Crippen LogP contribution >= 0.6 is 11.8 Å². The Morgan fingerprint density at radius 1 is 1.17 bits per heavy atom. The number of pyridine rings is 3. The minimum atomic E-state index is -0.598. The van der Waals surface area contributed by atoms with E-state index in [1.165, 1.54) is 0 Å². The molecule has 0 unspecified atom stereocenters. The second kappa shape index (κ2) is 8.64. The van der Waals surface area contributed by atoms with Gasteiger partial charge in [-0.15, -0.1) is 0 Å². The van der Waals surface area contributed by atoms with E-state index >= 15 is 0 Å². The highest BCUT2D eigenvalue weighted by atomic mass is 32.2. The Kier molecular flexibility index (Phi) is 5.88. The fourth-order valence-corrected chi connectivity index (χ4v) is 5.33. The zero-order valence-electron chi connectivity index (χ0n) is 20.7. The molecule has 5 rings (SSSR count). The van der Waals surface area contributed by atoms with Crippen LogP contribution in [0.1, 0.15) is 62.2 Å². The van der Waals surface area contributed by atoms with E-state index in [0.717, 1.165) is 29.2 Å². The Balaban J connectivity index is 1.47. The van der Waals surface area contributed by atoms with Crippen molar-refractivity contribution in [2.24, 2.45) is 5.73 Å². The standard InChI is InChI=1S/C26H31N5O3S/c1-25(2)11-20-16(24(32)34-25)6-7-21(30-20)31-22-10-17-18(12-28-22)23(29-13-19(17)26(3,4)27)33-14-8-15(9-14)35-5/h6-7,10,12-15H,8-9,11,27H2,1-5H3,(H,28,30,31). The van der Waals surface area contributed by atoms with E-state index in [0.29, 0.717) is 40.4 Å². The van der Waals surface area contributed by atoms with Gasteiger partial charge in [0.25, 0.3) is 0 Å². The fourth-order valence-electron chi connectivity index (χ4n) is 4.52. The van der Waals surface area contributed by atoms with Gasteiger partial charge in [0.2, 0.25) is 5.88 Å². The number of anilines is 2. The van der Waals surface area contributed by atoms with Crippen molar-refractivity contribution in [3.63, 3.8) is 0 Å². The van der Waals surface area contributed by atoms with Crippen molar-refractivity contribution >= 4 is 40.1 Å². The number of carbonyl (C=O) groups is 1. The number of aromatic nitrogens is 3. The van der Waals surface area contributed by atoms with Gasteiger partial charge in [0, 0.05) is 29.6 Å². The molecule has 35 heavy (non-hydrogen) atoms. The zero-order valence-corrected chi connectivity index (χ0v) is 21.5. The van der Waals surface area contributed by atoms with Crippen LogP contribution in [-0.2, 0) is 16.7 Å². The lowest BCUT2D eigenvalue weighted by molar-refractivity contribution is -0.00714. The van der Waals surface area contributed by atoms with Crippen molar-refractivity contribution in [1.82, 2.24) is 15.0 Å². The van der Waals surface area contributed by atoms with Crippen LogP contribution in [0.25, 0.3) is 10.8 Å². The van der Waals surface area contributed by atoms with Crippen molar-refractivity contribution in [2.45, 2.75) is 69.5 Å². The van der Waals surface area contributed by atoms with Crippen LogP contribution in [0.15, 0.2) is 30.6 Å². The molecule has 3 aromatic heterocycles. The summed E-state index contributed by atoms with van der Waals surface area (Å²) in [6.07, 6.45) is 8.48. The molecular formula is C26H31N5O3S. The first-order valence-corrected chi connectivity index (χ1v) is 13.1. The number of nitrogens with one attached hydrogen (secondary N) is 1. The number of fused-ring (bicyclic) bond motifs is 2. The fraction of sp³-hybridized carbons (Fsp3) is 0.462. The Morgan fingerprint density at radius 3 is 2.66 bits per heavy atom. The van der Waals surface area contributed by atoms with Crippen LogP contribution in [-0.4, -0.2) is 44.1 Å². The van der Waals surface area contributed by atoms with Gasteiger partial charge in [-0.2, -0.15) is 11.8 Å². The van der Waals surface area contributed by atoms with Crippen molar-refractivity contribution in [1.29, 1.82) is 0 Å². The molecule has 0 radical (unpaired) electrons. The number of ether oxygens (including phenoxy) is 2. The molecule has 1 aliphatic carbocycles. The van der Waals surface area contributed by atoms with Crippen LogP contribution < -0.4 is 15.8 Å². The van der Waals surface area contributed by atoms with E-state index in [1.54, 1.807) is 24.5 Å². The Hall–Kier alpha value is -2.91. The van der Waals surface area contributed by atoms with E-state index in [2.05, 4.69) is 26.5 Å². The van der Waals surface area contributed by atoms with Crippen LogP contribution in [0.3, 0.4) is 0 Å². The van der Waals surface area contributed by atoms with Gasteiger partial charge in [-0.25, -0.2) is 19.7 Å². The summed E-state index contributed by atoms with van der Waals surface area (Å²) in [5, 5.41) is 5.70. The third-order valence-corrected chi connectivity index (χ3v) is 7.56. The molecule has 0 spiro atoms. The predicted octanol–water partition coefficient (Wildman–Crippen LogP) is 4.73. The van der Waals surface area contributed by atoms with Gasteiger partial charge >= 0.3 is 5.97 Å². The molecule has 0 amide bonds. The smallest absolute Gasteiger partial charge is 0.340 e. The van der Waals surface area contributed by atoms with Crippen molar-refractivity contribution in [3.8, 4) is 5.88 Å². The SMILES string of the molecule is CSC1CC(Oc2ncc(C(C)(C)N)c3cc(Nc4ccc5c(n4)CC(C)(C)OC5=O)ncc23)C1. The van der Waals surface area contributed by atoms with Gasteiger partial charge in [-0.3, -0.25) is 0 Å². The number of nitrogens with zero attached hydrogens (tertiary/aromatic N) is 3. The maximum Gasteiger partial charge on any atom is 0.340 e. The first kappa shape index (κ1) is 23.8. The third-order valence-electron chi connectivity index (χ3n) is 6.51. The minimum absolute atomic E-state index is 0.174. The number of esters is 1. The molecule has 4 heterocycles. The maximum atomic E-state index is 12.3. The number of cyclic esters (lactones) is 1. The molecule has 9 heteroatoms. The second-order valence-corrected chi connectivity index (χ2v) is 11.7. The van der Waals surface area contributed by atoms with Gasteiger partial charge in [-0.1, -0.05) is 0 Å². The third kappa shape index (κ3) is 4.79. The van der Waals surface area contributed by atoms with Crippen molar-refractivity contribution < 1.29 is 14.3 Å². The average Bonchev–Trinajstić information content (AvgIpc) is 2.73. The molecule has 3 aromatic rings. The van der Waals surface area contributed by atoms with E-state index in [1.807, 2.05) is 45.5 Å². The topological polar surface area (TPSA) is 112 Å². The number of hydrogen-bond acceptors (Lipinski definition) is 9. The van der Waals surface area contributed by atoms with Gasteiger partial charge in [0.05, 0.1) is 16.6 Å². The molecule has 0 bridgehead atoms. The van der Waals surface area contributed by atoms with E-state index in [9.17, 15) is 4.79 Å². The molecular weight excluding hydrogens is 462 g/mol. The van der Waals surface area contributed by atoms with Crippen LogP contribution in [0.2, 0.25) is 0 Å². The summed E-state index contributed by atoms with van der Waals surface area (Å²) in [5.41, 5.74) is 7.42. The second-order valence-electron chi connectivity index (χ2n) is 10.5. The summed E-state index contributed by atoms with van der Waals surface area (Å²) in [6.45, 7) is 7.68.